The Labute approximate surface area is 175 Å². The van der Waals surface area contributed by atoms with Gasteiger partial charge < -0.3 is 4.74 Å². The van der Waals surface area contributed by atoms with Gasteiger partial charge in [-0.15, -0.1) is 0 Å². The number of fused-ring (bicyclic) bond motifs is 1. The van der Waals surface area contributed by atoms with Crippen molar-refractivity contribution in [2.75, 3.05) is 6.61 Å². The van der Waals surface area contributed by atoms with Crippen LogP contribution < -0.4 is 5.48 Å². The zero-order valence-corrected chi connectivity index (χ0v) is 16.9. The van der Waals surface area contributed by atoms with Crippen LogP contribution in [0.4, 0.5) is 0 Å². The second-order valence-electron chi connectivity index (χ2n) is 7.92. The van der Waals surface area contributed by atoms with E-state index in [4.69, 9.17) is 9.94 Å². The lowest BCUT2D eigenvalue weighted by Gasteiger charge is -2.16. The molecule has 2 N–H and O–H groups in total. The highest BCUT2D eigenvalue weighted by Gasteiger charge is 2.64. The Balaban J connectivity index is 1.51. The first-order valence-electron chi connectivity index (χ1n) is 10.2. The number of rotatable bonds is 7. The number of esters is 1. The van der Waals surface area contributed by atoms with E-state index in [2.05, 4.69) is 48.5 Å². The van der Waals surface area contributed by atoms with Gasteiger partial charge in [0.15, 0.2) is 0 Å². The molecule has 5 heteroatoms. The molecule has 2 atom stereocenters. The average molecular weight is 403 g/mol. The highest BCUT2D eigenvalue weighted by molar-refractivity contribution is 5.93. The lowest BCUT2D eigenvalue weighted by molar-refractivity contribution is -0.152. The summed E-state index contributed by atoms with van der Waals surface area (Å²) < 4.78 is 5.21. The van der Waals surface area contributed by atoms with Crippen molar-refractivity contribution in [1.82, 2.24) is 5.48 Å². The molecule has 3 aromatic rings. The summed E-state index contributed by atoms with van der Waals surface area (Å²) >= 11 is 0. The third-order valence-corrected chi connectivity index (χ3v) is 6.00. The van der Waals surface area contributed by atoms with Crippen LogP contribution in [0.5, 0.6) is 0 Å². The van der Waals surface area contributed by atoms with E-state index in [1.54, 1.807) is 12.4 Å². The van der Waals surface area contributed by atoms with E-state index in [1.807, 2.05) is 18.2 Å². The van der Waals surface area contributed by atoms with Crippen molar-refractivity contribution in [3.8, 4) is 0 Å². The summed E-state index contributed by atoms with van der Waals surface area (Å²) in [4.78, 5) is 24.4. The Kier molecular flexibility index (Phi) is 5.55. The molecule has 0 aliphatic heterocycles. The topological polar surface area (TPSA) is 75.6 Å². The van der Waals surface area contributed by atoms with Crippen molar-refractivity contribution in [2.24, 2.45) is 11.3 Å². The van der Waals surface area contributed by atoms with Crippen LogP contribution in [0.3, 0.4) is 0 Å². The molecule has 4 rings (SSSR count). The lowest BCUT2D eigenvalue weighted by Crippen LogP contribution is -2.30. The third-order valence-electron chi connectivity index (χ3n) is 6.00. The Hall–Kier alpha value is -3.18. The van der Waals surface area contributed by atoms with E-state index in [1.165, 1.54) is 21.9 Å². The highest BCUT2D eigenvalue weighted by atomic mass is 16.5. The Morgan fingerprint density at radius 2 is 1.73 bits per heavy atom. The molecule has 1 aliphatic rings. The van der Waals surface area contributed by atoms with Crippen LogP contribution in [0.1, 0.15) is 30.0 Å². The number of amides is 1. The first-order valence-corrected chi connectivity index (χ1v) is 10.2. The standard InChI is InChI=1S/C25H25NO4/c1-2-30-24(28)25(16-22(25)23(27)26-29)15-18-12-10-17(11-13-18)14-20-8-5-7-19-6-3-4-9-21(19)20/h3-13,22,29H,2,14-16H2,1H3,(H,26,27)/t22?,25-/m0/s1. The second-order valence-corrected chi connectivity index (χ2v) is 7.92. The summed E-state index contributed by atoms with van der Waals surface area (Å²) in [5.41, 5.74) is 4.20. The predicted octanol–water partition coefficient (Wildman–Crippen LogP) is 4.05. The van der Waals surface area contributed by atoms with E-state index in [0.29, 0.717) is 12.8 Å². The van der Waals surface area contributed by atoms with Crippen molar-refractivity contribution < 1.29 is 19.5 Å². The van der Waals surface area contributed by atoms with Crippen molar-refractivity contribution in [1.29, 1.82) is 0 Å². The number of hydroxylamine groups is 1. The molecule has 1 unspecified atom stereocenters. The molecule has 5 nitrogen and oxygen atoms in total. The second kappa shape index (κ2) is 8.28. The molecular weight excluding hydrogens is 378 g/mol. The van der Waals surface area contributed by atoms with Gasteiger partial charge in [0.05, 0.1) is 17.9 Å². The van der Waals surface area contributed by atoms with E-state index in [-0.39, 0.29) is 12.6 Å². The van der Waals surface area contributed by atoms with Gasteiger partial charge in [0.1, 0.15) is 0 Å². The Morgan fingerprint density at radius 3 is 2.47 bits per heavy atom. The van der Waals surface area contributed by atoms with Crippen molar-refractivity contribution in [3.63, 3.8) is 0 Å². The average Bonchev–Trinajstić information content (AvgIpc) is 3.50. The maximum absolute atomic E-state index is 12.5. The molecule has 1 fully saturated rings. The van der Waals surface area contributed by atoms with E-state index in [9.17, 15) is 9.59 Å². The number of ether oxygens (including phenoxy) is 1. The number of hydrogen-bond acceptors (Lipinski definition) is 4. The number of benzene rings is 3. The number of nitrogens with one attached hydrogen (secondary N) is 1. The summed E-state index contributed by atoms with van der Waals surface area (Å²) in [6.45, 7) is 2.01. The van der Waals surface area contributed by atoms with Gasteiger partial charge in [-0.2, -0.15) is 0 Å². The first kappa shape index (κ1) is 20.1. The van der Waals surface area contributed by atoms with Crippen LogP contribution >= 0.6 is 0 Å². The SMILES string of the molecule is CCOC(=O)[C@@]1(Cc2ccc(Cc3cccc4ccccc34)cc2)CC1C(=O)NO. The summed E-state index contributed by atoms with van der Waals surface area (Å²) in [6, 6.07) is 22.8. The maximum atomic E-state index is 12.5. The minimum atomic E-state index is -0.889. The van der Waals surface area contributed by atoms with Crippen molar-refractivity contribution in [3.05, 3.63) is 83.4 Å². The third kappa shape index (κ3) is 3.81. The Bertz CT molecular complexity index is 1070. The largest absolute Gasteiger partial charge is 0.466 e. The van der Waals surface area contributed by atoms with E-state index in [0.717, 1.165) is 12.0 Å². The van der Waals surface area contributed by atoms with Gasteiger partial charge in [-0.1, -0.05) is 66.7 Å². The van der Waals surface area contributed by atoms with Gasteiger partial charge in [0.25, 0.3) is 0 Å². The molecule has 1 saturated carbocycles. The molecule has 0 saturated heterocycles. The molecule has 154 valence electrons. The number of hydrogen-bond donors (Lipinski definition) is 2. The molecule has 0 bridgehead atoms. The molecule has 3 aromatic carbocycles. The molecular formula is C25H25NO4. The minimum Gasteiger partial charge on any atom is -0.466 e. The zero-order chi connectivity index (χ0) is 21.1. The minimum absolute atomic E-state index is 0.262. The fourth-order valence-corrected chi connectivity index (χ4v) is 4.30. The summed E-state index contributed by atoms with van der Waals surface area (Å²) in [5, 5.41) is 11.4. The quantitative estimate of drug-likeness (QED) is 0.355. The van der Waals surface area contributed by atoms with Crippen molar-refractivity contribution in [2.45, 2.75) is 26.2 Å². The molecule has 0 spiro atoms. The van der Waals surface area contributed by atoms with Gasteiger partial charge in [-0.25, -0.2) is 5.48 Å². The summed E-state index contributed by atoms with van der Waals surface area (Å²) in [5.74, 6) is -1.47. The maximum Gasteiger partial charge on any atom is 0.313 e. The fraction of sp³-hybridized carbons (Fsp3) is 0.280. The van der Waals surface area contributed by atoms with Crippen LogP contribution in [-0.2, 0) is 27.2 Å². The van der Waals surface area contributed by atoms with Crippen LogP contribution in [-0.4, -0.2) is 23.7 Å². The monoisotopic (exact) mass is 403 g/mol. The molecule has 30 heavy (non-hydrogen) atoms. The summed E-state index contributed by atoms with van der Waals surface area (Å²) in [6.07, 6.45) is 1.62. The van der Waals surface area contributed by atoms with Crippen molar-refractivity contribution >= 4 is 22.6 Å². The molecule has 1 aliphatic carbocycles. The number of carbonyl (C=O) groups is 2. The molecule has 0 heterocycles. The van der Waals surface area contributed by atoms with E-state index >= 15 is 0 Å². The predicted molar refractivity (Wildman–Crippen MR) is 114 cm³/mol. The van der Waals surface area contributed by atoms with Crippen LogP contribution in [0.2, 0.25) is 0 Å². The smallest absolute Gasteiger partial charge is 0.313 e. The van der Waals surface area contributed by atoms with Gasteiger partial charge in [-0.3, -0.25) is 14.8 Å². The van der Waals surface area contributed by atoms with Crippen LogP contribution in [0, 0.1) is 11.3 Å². The molecule has 0 radical (unpaired) electrons. The zero-order valence-electron chi connectivity index (χ0n) is 16.9. The highest BCUT2D eigenvalue weighted by Crippen LogP contribution is 2.55. The van der Waals surface area contributed by atoms with Gasteiger partial charge in [0, 0.05) is 0 Å². The van der Waals surface area contributed by atoms with Crippen LogP contribution in [0.15, 0.2) is 66.7 Å². The first-order chi connectivity index (χ1) is 14.6. The van der Waals surface area contributed by atoms with E-state index < -0.39 is 17.2 Å². The summed E-state index contributed by atoms with van der Waals surface area (Å²) in [7, 11) is 0. The number of carbonyl (C=O) groups excluding carboxylic acids is 2. The normalized spacial score (nSPS) is 20.0. The van der Waals surface area contributed by atoms with Gasteiger partial charge in [-0.05, 0) is 53.6 Å². The van der Waals surface area contributed by atoms with Crippen LogP contribution in [0.25, 0.3) is 10.8 Å². The molecule has 0 aromatic heterocycles. The fourth-order valence-electron chi connectivity index (χ4n) is 4.30. The molecule has 1 amide bonds. The van der Waals surface area contributed by atoms with Gasteiger partial charge in [0.2, 0.25) is 5.91 Å². The Morgan fingerprint density at radius 1 is 1.03 bits per heavy atom. The lowest BCUT2D eigenvalue weighted by atomic mass is 9.92. The van der Waals surface area contributed by atoms with Gasteiger partial charge >= 0.3 is 5.97 Å².